The number of nitrogens with one attached hydrogen (secondary N) is 1. The van der Waals surface area contributed by atoms with Gasteiger partial charge in [-0.05, 0) is 47.5 Å². The van der Waals surface area contributed by atoms with Crippen LogP contribution in [0.5, 0.6) is 0 Å². The summed E-state index contributed by atoms with van der Waals surface area (Å²) in [5.41, 5.74) is 6.91. The SMILES string of the molecule is c1ccc(C2(c3ccccc3)CC([P+](c3ccccc3)(c3ccccc3)c3ccccc3)=NN2)cc1. The average Bonchev–Trinajstić information content (AvgIpc) is 3.43. The first-order chi connectivity index (χ1) is 17.8. The van der Waals surface area contributed by atoms with Crippen molar-refractivity contribution in [1.29, 1.82) is 0 Å². The van der Waals surface area contributed by atoms with Gasteiger partial charge in [0.25, 0.3) is 0 Å². The van der Waals surface area contributed by atoms with Gasteiger partial charge in [-0.15, -0.1) is 5.10 Å². The Kier molecular flexibility index (Phi) is 5.97. The van der Waals surface area contributed by atoms with Crippen LogP contribution in [0.2, 0.25) is 0 Å². The Hall–Kier alpha value is -4.00. The molecule has 1 aliphatic heterocycles. The van der Waals surface area contributed by atoms with E-state index in [1.54, 1.807) is 0 Å². The fourth-order valence-electron chi connectivity index (χ4n) is 5.46. The molecule has 1 N–H and O–H groups in total. The summed E-state index contributed by atoms with van der Waals surface area (Å²) < 4.78 is 0. The second-order valence-corrected chi connectivity index (χ2v) is 12.5. The largest absolute Gasteiger partial charge is 0.291 e. The van der Waals surface area contributed by atoms with E-state index in [9.17, 15) is 0 Å². The molecule has 3 heteroatoms. The van der Waals surface area contributed by atoms with Crippen LogP contribution in [-0.4, -0.2) is 5.45 Å². The summed E-state index contributed by atoms with van der Waals surface area (Å²) >= 11 is 0. The van der Waals surface area contributed by atoms with Gasteiger partial charge in [0, 0.05) is 0 Å². The lowest BCUT2D eigenvalue weighted by atomic mass is 9.81. The Morgan fingerprint density at radius 1 is 0.472 bits per heavy atom. The van der Waals surface area contributed by atoms with Gasteiger partial charge in [-0.3, -0.25) is 5.43 Å². The van der Waals surface area contributed by atoms with Crippen molar-refractivity contribution < 1.29 is 0 Å². The van der Waals surface area contributed by atoms with Crippen LogP contribution in [-0.2, 0) is 5.54 Å². The summed E-state index contributed by atoms with van der Waals surface area (Å²) in [6.45, 7) is 0. The highest BCUT2D eigenvalue weighted by atomic mass is 31.2. The topological polar surface area (TPSA) is 24.4 Å². The summed E-state index contributed by atoms with van der Waals surface area (Å²) in [6, 6.07) is 54.4. The third-order valence-corrected chi connectivity index (χ3v) is 11.4. The molecule has 5 aromatic rings. The first-order valence-corrected chi connectivity index (χ1v) is 14.1. The highest BCUT2D eigenvalue weighted by Crippen LogP contribution is 2.60. The van der Waals surface area contributed by atoms with E-state index in [2.05, 4.69) is 157 Å². The van der Waals surface area contributed by atoms with Crippen molar-refractivity contribution in [2.75, 3.05) is 0 Å². The molecular formula is C33H28N2P+. The second-order valence-electron chi connectivity index (χ2n) is 9.13. The van der Waals surface area contributed by atoms with Gasteiger partial charge in [0.2, 0.25) is 0 Å². The predicted octanol–water partition coefficient (Wildman–Crippen LogP) is 6.23. The van der Waals surface area contributed by atoms with Crippen LogP contribution >= 0.6 is 7.26 Å². The summed E-state index contributed by atoms with van der Waals surface area (Å²) in [5.74, 6) is 0. The van der Waals surface area contributed by atoms with Crippen molar-refractivity contribution >= 4 is 28.6 Å². The van der Waals surface area contributed by atoms with Gasteiger partial charge in [0.15, 0.2) is 12.7 Å². The third kappa shape index (κ3) is 3.66. The van der Waals surface area contributed by atoms with E-state index in [1.165, 1.54) is 32.5 Å². The second kappa shape index (κ2) is 9.57. The molecule has 0 atom stereocenters. The Morgan fingerprint density at radius 2 is 0.806 bits per heavy atom. The molecule has 0 bridgehead atoms. The Balaban J connectivity index is 1.61. The maximum Gasteiger partial charge on any atom is 0.195 e. The van der Waals surface area contributed by atoms with Gasteiger partial charge >= 0.3 is 0 Å². The predicted molar refractivity (Wildman–Crippen MR) is 154 cm³/mol. The first-order valence-electron chi connectivity index (χ1n) is 12.4. The fourth-order valence-corrected chi connectivity index (χ4v) is 9.79. The Labute approximate surface area is 213 Å². The molecule has 36 heavy (non-hydrogen) atoms. The monoisotopic (exact) mass is 483 g/mol. The highest BCUT2D eigenvalue weighted by molar-refractivity contribution is 8.08. The Morgan fingerprint density at radius 3 is 1.17 bits per heavy atom. The van der Waals surface area contributed by atoms with Gasteiger partial charge in [-0.1, -0.05) is 115 Å². The van der Waals surface area contributed by atoms with Crippen LogP contribution in [0.25, 0.3) is 0 Å². The van der Waals surface area contributed by atoms with Crippen molar-refractivity contribution in [3.05, 3.63) is 163 Å². The van der Waals surface area contributed by atoms with Crippen LogP contribution in [0.1, 0.15) is 17.5 Å². The van der Waals surface area contributed by atoms with Crippen LogP contribution < -0.4 is 21.3 Å². The number of hydrogen-bond acceptors (Lipinski definition) is 2. The van der Waals surface area contributed by atoms with Crippen LogP contribution in [0, 0.1) is 0 Å². The van der Waals surface area contributed by atoms with Crippen molar-refractivity contribution in [3.63, 3.8) is 0 Å². The molecule has 0 aliphatic carbocycles. The molecule has 0 radical (unpaired) electrons. The summed E-state index contributed by atoms with van der Waals surface area (Å²) in [4.78, 5) is 0. The van der Waals surface area contributed by atoms with E-state index >= 15 is 0 Å². The molecule has 1 heterocycles. The molecule has 6 rings (SSSR count). The smallest absolute Gasteiger partial charge is 0.195 e. The van der Waals surface area contributed by atoms with Crippen molar-refractivity contribution in [2.45, 2.75) is 12.0 Å². The molecule has 0 amide bonds. The van der Waals surface area contributed by atoms with E-state index < -0.39 is 12.8 Å². The first kappa shape index (κ1) is 22.5. The van der Waals surface area contributed by atoms with Gasteiger partial charge in [0.05, 0.1) is 6.42 Å². The van der Waals surface area contributed by atoms with Gasteiger partial charge in [-0.2, -0.15) is 0 Å². The number of hydrogen-bond donors (Lipinski definition) is 1. The fraction of sp³-hybridized carbons (Fsp3) is 0.0606. The lowest BCUT2D eigenvalue weighted by molar-refractivity contribution is 0.461. The molecule has 0 unspecified atom stereocenters. The van der Waals surface area contributed by atoms with E-state index in [4.69, 9.17) is 5.10 Å². The zero-order valence-corrected chi connectivity index (χ0v) is 20.9. The van der Waals surface area contributed by atoms with Crippen LogP contribution in [0.4, 0.5) is 0 Å². The van der Waals surface area contributed by atoms with Gasteiger partial charge in [-0.25, -0.2) is 0 Å². The average molecular weight is 484 g/mol. The van der Waals surface area contributed by atoms with Crippen LogP contribution in [0.3, 0.4) is 0 Å². The highest BCUT2D eigenvalue weighted by Gasteiger charge is 2.56. The molecule has 1 aliphatic rings. The van der Waals surface area contributed by atoms with E-state index in [1.807, 2.05) is 0 Å². The lowest BCUT2D eigenvalue weighted by Crippen LogP contribution is -2.40. The lowest BCUT2D eigenvalue weighted by Gasteiger charge is -2.31. The van der Waals surface area contributed by atoms with Gasteiger partial charge < -0.3 is 0 Å². The minimum atomic E-state index is -2.23. The third-order valence-electron chi connectivity index (χ3n) is 7.15. The standard InChI is InChI=1S/C33H28N2P/c1-6-16-27(17-7-1)33(28-18-8-2-9-19-28)26-32(34-35-33)36(29-20-10-3-11-21-29,30-22-12-4-13-23-30)31-24-14-5-15-25-31/h1-25,35H,26H2/q+1. The van der Waals surface area contributed by atoms with E-state index in [0.29, 0.717) is 0 Å². The van der Waals surface area contributed by atoms with Crippen molar-refractivity contribution in [1.82, 2.24) is 5.43 Å². The van der Waals surface area contributed by atoms with Gasteiger partial charge in [0.1, 0.15) is 21.5 Å². The summed E-state index contributed by atoms with van der Waals surface area (Å²) in [5, 5.41) is 9.22. The normalized spacial score (nSPS) is 14.6. The van der Waals surface area contributed by atoms with E-state index in [0.717, 1.165) is 6.42 Å². The van der Waals surface area contributed by atoms with Crippen molar-refractivity contribution in [3.8, 4) is 0 Å². The minimum absolute atomic E-state index is 0.429. The number of nitrogens with zero attached hydrogens (tertiary/aromatic N) is 1. The van der Waals surface area contributed by atoms with Crippen LogP contribution in [0.15, 0.2) is 157 Å². The molecular weight excluding hydrogens is 455 g/mol. The molecule has 0 saturated carbocycles. The molecule has 0 fully saturated rings. The number of hydrazone groups is 1. The van der Waals surface area contributed by atoms with E-state index in [-0.39, 0.29) is 0 Å². The zero-order chi connectivity index (χ0) is 24.3. The Bertz CT molecular complexity index is 1320. The van der Waals surface area contributed by atoms with Crippen molar-refractivity contribution in [2.24, 2.45) is 5.10 Å². The molecule has 5 aromatic carbocycles. The minimum Gasteiger partial charge on any atom is -0.291 e. The zero-order valence-electron chi connectivity index (χ0n) is 20.0. The number of rotatable bonds is 6. The molecule has 0 saturated heterocycles. The maximum atomic E-state index is 5.26. The summed E-state index contributed by atoms with van der Waals surface area (Å²) in [6.07, 6.45) is 0.785. The molecule has 2 nitrogen and oxygen atoms in total. The quantitative estimate of drug-likeness (QED) is 0.285. The number of benzene rings is 5. The summed E-state index contributed by atoms with van der Waals surface area (Å²) in [7, 11) is -2.23. The molecule has 0 spiro atoms. The molecule has 0 aromatic heterocycles. The maximum absolute atomic E-state index is 5.26. The molecule has 174 valence electrons.